The third-order valence-corrected chi connectivity index (χ3v) is 5.39. The zero-order valence-electron chi connectivity index (χ0n) is 14.0. The van der Waals surface area contributed by atoms with Gasteiger partial charge in [-0.25, -0.2) is 4.39 Å². The van der Waals surface area contributed by atoms with E-state index >= 15 is 0 Å². The summed E-state index contributed by atoms with van der Waals surface area (Å²) in [7, 11) is 0. The Hall–Kier alpha value is -0.640. The maximum absolute atomic E-state index is 13.0. The molecule has 0 bridgehead atoms. The third-order valence-electron chi connectivity index (χ3n) is 5.39. The molecule has 1 aromatic carbocycles. The van der Waals surface area contributed by atoms with Crippen LogP contribution in [0.2, 0.25) is 0 Å². The van der Waals surface area contributed by atoms with Crippen molar-refractivity contribution < 1.29 is 4.39 Å². The normalized spacial score (nSPS) is 19.9. The lowest BCUT2D eigenvalue weighted by molar-refractivity contribution is 0.154. The Morgan fingerprint density at radius 1 is 1.00 bits per heavy atom. The van der Waals surface area contributed by atoms with E-state index in [0.29, 0.717) is 0 Å². The van der Waals surface area contributed by atoms with Crippen molar-refractivity contribution in [3.63, 3.8) is 0 Å². The lowest BCUT2D eigenvalue weighted by Gasteiger charge is -2.34. The molecular weight excluding hydrogens is 311 g/mol. The number of benzene rings is 1. The molecule has 1 aliphatic heterocycles. The van der Waals surface area contributed by atoms with Gasteiger partial charge in [-0.2, -0.15) is 0 Å². The van der Waals surface area contributed by atoms with E-state index < -0.39 is 0 Å². The molecule has 4 heteroatoms. The van der Waals surface area contributed by atoms with Crippen molar-refractivity contribution in [2.45, 2.75) is 51.0 Å². The SMILES string of the molecule is Cl.Fc1ccc(CCN(CC2CCNCC2)C2CCCC2)cc1. The van der Waals surface area contributed by atoms with Gasteiger partial charge in [-0.15, -0.1) is 12.4 Å². The summed E-state index contributed by atoms with van der Waals surface area (Å²) < 4.78 is 13.0. The molecule has 130 valence electrons. The minimum Gasteiger partial charge on any atom is -0.317 e. The van der Waals surface area contributed by atoms with Gasteiger partial charge in [0.25, 0.3) is 0 Å². The summed E-state index contributed by atoms with van der Waals surface area (Å²) in [6, 6.07) is 7.83. The van der Waals surface area contributed by atoms with Crippen LogP contribution in [0.3, 0.4) is 0 Å². The van der Waals surface area contributed by atoms with E-state index in [1.807, 2.05) is 12.1 Å². The van der Waals surface area contributed by atoms with Crippen molar-refractivity contribution in [1.82, 2.24) is 10.2 Å². The molecule has 3 rings (SSSR count). The first-order valence-corrected chi connectivity index (χ1v) is 9.00. The Kier molecular flexibility index (Phi) is 7.81. The largest absolute Gasteiger partial charge is 0.317 e. The van der Waals surface area contributed by atoms with Crippen molar-refractivity contribution in [3.05, 3.63) is 35.6 Å². The van der Waals surface area contributed by atoms with Crippen LogP contribution in [0.4, 0.5) is 4.39 Å². The lowest BCUT2D eigenvalue weighted by Crippen LogP contribution is -2.41. The molecule has 0 unspecified atom stereocenters. The molecule has 2 aliphatic rings. The monoisotopic (exact) mass is 340 g/mol. The Labute approximate surface area is 146 Å². The van der Waals surface area contributed by atoms with E-state index in [-0.39, 0.29) is 18.2 Å². The highest BCUT2D eigenvalue weighted by atomic mass is 35.5. The van der Waals surface area contributed by atoms with Gasteiger partial charge in [-0.05, 0) is 68.8 Å². The van der Waals surface area contributed by atoms with Crippen LogP contribution in [-0.2, 0) is 6.42 Å². The smallest absolute Gasteiger partial charge is 0.123 e. The van der Waals surface area contributed by atoms with Crippen LogP contribution in [0.15, 0.2) is 24.3 Å². The average molecular weight is 341 g/mol. The number of piperidine rings is 1. The molecule has 0 aromatic heterocycles. The first kappa shape index (κ1) is 18.7. The number of nitrogens with one attached hydrogen (secondary N) is 1. The first-order chi connectivity index (χ1) is 10.8. The summed E-state index contributed by atoms with van der Waals surface area (Å²) in [5.74, 6) is 0.723. The Bertz CT molecular complexity index is 439. The molecular formula is C19H30ClFN2. The maximum atomic E-state index is 13.0. The Morgan fingerprint density at radius 2 is 1.65 bits per heavy atom. The molecule has 0 radical (unpaired) electrons. The third kappa shape index (κ3) is 5.74. The molecule has 0 amide bonds. The Morgan fingerprint density at radius 3 is 2.30 bits per heavy atom. The maximum Gasteiger partial charge on any atom is 0.123 e. The summed E-state index contributed by atoms with van der Waals surface area (Å²) in [4.78, 5) is 2.74. The number of hydrogen-bond acceptors (Lipinski definition) is 2. The fourth-order valence-electron chi connectivity index (χ4n) is 4.01. The van der Waals surface area contributed by atoms with Gasteiger partial charge in [0.05, 0.1) is 0 Å². The minimum absolute atomic E-state index is 0. The molecule has 23 heavy (non-hydrogen) atoms. The van der Waals surface area contributed by atoms with Gasteiger partial charge in [-0.3, -0.25) is 4.90 Å². The summed E-state index contributed by atoms with van der Waals surface area (Å²) in [5.41, 5.74) is 1.26. The van der Waals surface area contributed by atoms with E-state index in [1.165, 1.54) is 63.7 Å². The van der Waals surface area contributed by atoms with Crippen LogP contribution < -0.4 is 5.32 Å². The van der Waals surface area contributed by atoms with Gasteiger partial charge in [0, 0.05) is 19.1 Å². The molecule has 1 saturated heterocycles. The van der Waals surface area contributed by atoms with Crippen molar-refractivity contribution in [2.24, 2.45) is 5.92 Å². The summed E-state index contributed by atoms with van der Waals surface area (Å²) in [6.07, 6.45) is 9.21. The lowest BCUT2D eigenvalue weighted by atomic mass is 9.96. The molecule has 2 fully saturated rings. The molecule has 1 N–H and O–H groups in total. The number of hydrogen-bond donors (Lipinski definition) is 1. The number of halogens is 2. The van der Waals surface area contributed by atoms with Gasteiger partial charge >= 0.3 is 0 Å². The van der Waals surface area contributed by atoms with E-state index in [4.69, 9.17) is 0 Å². The van der Waals surface area contributed by atoms with E-state index in [0.717, 1.165) is 24.9 Å². The topological polar surface area (TPSA) is 15.3 Å². The second kappa shape index (κ2) is 9.61. The summed E-state index contributed by atoms with van der Waals surface area (Å²) >= 11 is 0. The fraction of sp³-hybridized carbons (Fsp3) is 0.684. The number of rotatable bonds is 6. The standard InChI is InChI=1S/C19H29FN2.ClH/c20-18-7-5-16(6-8-18)11-14-22(19-3-1-2-4-19)15-17-9-12-21-13-10-17;/h5-8,17,19,21H,1-4,9-15H2;1H. The number of nitrogens with zero attached hydrogens (tertiary/aromatic N) is 1. The predicted octanol–water partition coefficient (Wildman–Crippen LogP) is 4.03. The molecule has 1 aromatic rings. The fourth-order valence-corrected chi connectivity index (χ4v) is 4.01. The zero-order valence-corrected chi connectivity index (χ0v) is 14.8. The van der Waals surface area contributed by atoms with Crippen molar-refractivity contribution in [3.8, 4) is 0 Å². The van der Waals surface area contributed by atoms with Crippen LogP contribution >= 0.6 is 12.4 Å². The highest BCUT2D eigenvalue weighted by Crippen LogP contribution is 2.26. The molecule has 0 atom stereocenters. The van der Waals surface area contributed by atoms with Crippen LogP contribution in [0.25, 0.3) is 0 Å². The van der Waals surface area contributed by atoms with E-state index in [2.05, 4.69) is 10.2 Å². The van der Waals surface area contributed by atoms with Gasteiger partial charge in [0.2, 0.25) is 0 Å². The average Bonchev–Trinajstić information content (AvgIpc) is 3.08. The van der Waals surface area contributed by atoms with Gasteiger partial charge < -0.3 is 5.32 Å². The van der Waals surface area contributed by atoms with E-state index in [9.17, 15) is 4.39 Å². The molecule has 1 aliphatic carbocycles. The quantitative estimate of drug-likeness (QED) is 0.841. The zero-order chi connectivity index (χ0) is 15.2. The highest BCUT2D eigenvalue weighted by Gasteiger charge is 2.25. The first-order valence-electron chi connectivity index (χ1n) is 9.00. The summed E-state index contributed by atoms with van der Waals surface area (Å²) in [5, 5.41) is 3.47. The second-order valence-electron chi connectivity index (χ2n) is 7.00. The highest BCUT2D eigenvalue weighted by molar-refractivity contribution is 5.85. The van der Waals surface area contributed by atoms with Crippen molar-refractivity contribution in [2.75, 3.05) is 26.2 Å². The van der Waals surface area contributed by atoms with Crippen LogP contribution in [-0.4, -0.2) is 37.1 Å². The molecule has 2 nitrogen and oxygen atoms in total. The second-order valence-corrected chi connectivity index (χ2v) is 7.00. The minimum atomic E-state index is -0.133. The molecule has 0 spiro atoms. The van der Waals surface area contributed by atoms with Gasteiger partial charge in [-0.1, -0.05) is 25.0 Å². The summed E-state index contributed by atoms with van der Waals surface area (Å²) in [6.45, 7) is 4.75. The van der Waals surface area contributed by atoms with Gasteiger partial charge in [0.1, 0.15) is 5.82 Å². The molecule has 1 saturated carbocycles. The Balaban J connectivity index is 0.00000192. The van der Waals surface area contributed by atoms with Crippen LogP contribution in [0.1, 0.15) is 44.1 Å². The van der Waals surface area contributed by atoms with Crippen LogP contribution in [0.5, 0.6) is 0 Å². The van der Waals surface area contributed by atoms with E-state index in [1.54, 1.807) is 12.1 Å². The van der Waals surface area contributed by atoms with Crippen molar-refractivity contribution in [1.29, 1.82) is 0 Å². The van der Waals surface area contributed by atoms with Crippen LogP contribution in [0, 0.1) is 11.7 Å². The predicted molar refractivity (Wildman–Crippen MR) is 96.8 cm³/mol. The molecule has 1 heterocycles. The van der Waals surface area contributed by atoms with Crippen molar-refractivity contribution >= 4 is 12.4 Å². The van der Waals surface area contributed by atoms with Gasteiger partial charge in [0.15, 0.2) is 0 Å².